The third kappa shape index (κ3) is 3.45. The molecule has 1 heterocycles. The highest BCUT2D eigenvalue weighted by molar-refractivity contribution is 5.80. The zero-order valence-corrected chi connectivity index (χ0v) is 9.67. The fourth-order valence-electron chi connectivity index (χ4n) is 2.02. The van der Waals surface area contributed by atoms with Crippen molar-refractivity contribution >= 4 is 12.1 Å². The summed E-state index contributed by atoms with van der Waals surface area (Å²) in [5.41, 5.74) is 5.44. The molecular weight excluding hydrogens is 224 g/mol. The number of carbonyl (C=O) groups is 2. The zero-order chi connectivity index (χ0) is 12.8. The van der Waals surface area contributed by atoms with Gasteiger partial charge < -0.3 is 15.6 Å². The molecule has 2 unspecified atom stereocenters. The molecule has 3 N–H and O–H groups in total. The highest BCUT2D eigenvalue weighted by Gasteiger charge is 2.39. The molecule has 0 saturated carbocycles. The van der Waals surface area contributed by atoms with Gasteiger partial charge in [-0.05, 0) is 25.3 Å². The van der Waals surface area contributed by atoms with Crippen molar-refractivity contribution in [3.05, 3.63) is 12.7 Å². The first kappa shape index (κ1) is 13.5. The van der Waals surface area contributed by atoms with Crippen molar-refractivity contribution in [2.75, 3.05) is 19.7 Å². The van der Waals surface area contributed by atoms with Crippen LogP contribution in [0.5, 0.6) is 0 Å². The summed E-state index contributed by atoms with van der Waals surface area (Å²) in [7, 11) is 0. The molecule has 6 heteroatoms. The van der Waals surface area contributed by atoms with Gasteiger partial charge in [-0.3, -0.25) is 4.90 Å². The van der Waals surface area contributed by atoms with Gasteiger partial charge >= 0.3 is 12.1 Å². The Hall–Kier alpha value is -1.56. The number of carboxylic acid groups (broad SMARTS) is 1. The molecular formula is C11H18N2O4. The molecule has 1 aliphatic rings. The Balaban J connectivity index is 2.63. The molecule has 1 aliphatic heterocycles. The zero-order valence-electron chi connectivity index (χ0n) is 9.67. The van der Waals surface area contributed by atoms with E-state index in [0.29, 0.717) is 19.5 Å². The van der Waals surface area contributed by atoms with Crippen LogP contribution in [0.25, 0.3) is 0 Å². The lowest BCUT2D eigenvalue weighted by molar-refractivity contribution is -0.141. The maximum atomic E-state index is 11.6. The van der Waals surface area contributed by atoms with E-state index >= 15 is 0 Å². The average molecular weight is 242 g/mol. The highest BCUT2D eigenvalue weighted by atomic mass is 16.6. The standard InChI is InChI=1S/C11H18N2O4/c1-2-5-17-11(16)13-7-8(3-4-12)6-9(13)10(14)15/h2,8-9H,1,3-7,12H2,(H,14,15). The number of hydrogen-bond acceptors (Lipinski definition) is 4. The van der Waals surface area contributed by atoms with Gasteiger partial charge in [0.05, 0.1) is 0 Å². The molecule has 0 radical (unpaired) electrons. The predicted octanol–water partition coefficient (Wildman–Crippen LogP) is 0.433. The SMILES string of the molecule is C=CCOC(=O)N1CC(CCN)CC1C(=O)O. The summed E-state index contributed by atoms with van der Waals surface area (Å²) in [5.74, 6) is -0.863. The monoisotopic (exact) mass is 242 g/mol. The lowest BCUT2D eigenvalue weighted by Crippen LogP contribution is -2.40. The maximum Gasteiger partial charge on any atom is 0.410 e. The minimum absolute atomic E-state index is 0.0865. The van der Waals surface area contributed by atoms with Gasteiger partial charge in [0.1, 0.15) is 12.6 Å². The van der Waals surface area contributed by atoms with Crippen molar-refractivity contribution in [2.45, 2.75) is 18.9 Å². The Bertz CT molecular complexity index is 306. The number of nitrogens with zero attached hydrogens (tertiary/aromatic N) is 1. The highest BCUT2D eigenvalue weighted by Crippen LogP contribution is 2.26. The van der Waals surface area contributed by atoms with Gasteiger partial charge in [0.25, 0.3) is 0 Å². The van der Waals surface area contributed by atoms with E-state index < -0.39 is 18.1 Å². The van der Waals surface area contributed by atoms with Crippen molar-refractivity contribution in [1.29, 1.82) is 0 Å². The van der Waals surface area contributed by atoms with E-state index in [0.717, 1.165) is 6.42 Å². The summed E-state index contributed by atoms with van der Waals surface area (Å²) in [5, 5.41) is 9.04. The van der Waals surface area contributed by atoms with E-state index in [1.54, 1.807) is 0 Å². The van der Waals surface area contributed by atoms with Crippen LogP contribution >= 0.6 is 0 Å². The molecule has 1 fully saturated rings. The van der Waals surface area contributed by atoms with E-state index in [1.807, 2.05) is 0 Å². The van der Waals surface area contributed by atoms with Crippen molar-refractivity contribution in [3.63, 3.8) is 0 Å². The molecule has 1 saturated heterocycles. The van der Waals surface area contributed by atoms with Crippen molar-refractivity contribution < 1.29 is 19.4 Å². The van der Waals surface area contributed by atoms with Crippen LogP contribution in [0.4, 0.5) is 4.79 Å². The molecule has 0 aromatic heterocycles. The van der Waals surface area contributed by atoms with E-state index in [4.69, 9.17) is 15.6 Å². The van der Waals surface area contributed by atoms with Crippen LogP contribution in [0.15, 0.2) is 12.7 Å². The third-order valence-corrected chi connectivity index (χ3v) is 2.81. The molecule has 0 aromatic rings. The quantitative estimate of drug-likeness (QED) is 0.682. The maximum absolute atomic E-state index is 11.6. The predicted molar refractivity (Wildman–Crippen MR) is 61.5 cm³/mol. The minimum atomic E-state index is -1.000. The van der Waals surface area contributed by atoms with E-state index in [9.17, 15) is 9.59 Å². The van der Waals surface area contributed by atoms with Crippen molar-refractivity contribution in [3.8, 4) is 0 Å². The topological polar surface area (TPSA) is 92.9 Å². The second-order valence-electron chi connectivity index (χ2n) is 4.05. The number of nitrogens with two attached hydrogens (primary N) is 1. The molecule has 96 valence electrons. The summed E-state index contributed by atoms with van der Waals surface area (Å²) in [6.45, 7) is 4.40. The second kappa shape index (κ2) is 6.24. The van der Waals surface area contributed by atoms with Crippen LogP contribution in [0.3, 0.4) is 0 Å². The normalized spacial score (nSPS) is 23.5. The minimum Gasteiger partial charge on any atom is -0.480 e. The third-order valence-electron chi connectivity index (χ3n) is 2.81. The second-order valence-corrected chi connectivity index (χ2v) is 4.05. The van der Waals surface area contributed by atoms with Crippen LogP contribution in [-0.2, 0) is 9.53 Å². The molecule has 0 aromatic carbocycles. The number of amides is 1. The Labute approximate surface area is 100 Å². The number of aliphatic carboxylic acids is 1. The van der Waals surface area contributed by atoms with E-state index in [2.05, 4.69) is 6.58 Å². The van der Waals surface area contributed by atoms with Gasteiger partial charge in [-0.25, -0.2) is 9.59 Å². The molecule has 0 bridgehead atoms. The Kier molecular flexibility index (Phi) is 4.96. The first-order chi connectivity index (χ1) is 8.10. The number of carbonyl (C=O) groups excluding carboxylic acids is 1. The molecule has 17 heavy (non-hydrogen) atoms. The Morgan fingerprint density at radius 2 is 2.29 bits per heavy atom. The van der Waals surface area contributed by atoms with Gasteiger partial charge in [-0.2, -0.15) is 0 Å². The van der Waals surface area contributed by atoms with Gasteiger partial charge in [0.2, 0.25) is 0 Å². The molecule has 0 aliphatic carbocycles. The van der Waals surface area contributed by atoms with Gasteiger partial charge in [0.15, 0.2) is 0 Å². The first-order valence-electron chi connectivity index (χ1n) is 5.57. The van der Waals surface area contributed by atoms with Crippen LogP contribution < -0.4 is 5.73 Å². The van der Waals surface area contributed by atoms with Crippen LogP contribution in [0.2, 0.25) is 0 Å². The smallest absolute Gasteiger partial charge is 0.410 e. The summed E-state index contributed by atoms with van der Waals surface area (Å²) in [6.07, 6.45) is 2.00. The largest absolute Gasteiger partial charge is 0.480 e. The summed E-state index contributed by atoms with van der Waals surface area (Å²) >= 11 is 0. The van der Waals surface area contributed by atoms with Crippen LogP contribution in [-0.4, -0.2) is 47.8 Å². The van der Waals surface area contributed by atoms with Gasteiger partial charge in [0, 0.05) is 6.54 Å². The lowest BCUT2D eigenvalue weighted by Gasteiger charge is -2.20. The molecule has 1 rings (SSSR count). The molecule has 1 amide bonds. The molecule has 0 spiro atoms. The van der Waals surface area contributed by atoms with Crippen LogP contribution in [0.1, 0.15) is 12.8 Å². The van der Waals surface area contributed by atoms with Crippen molar-refractivity contribution in [2.24, 2.45) is 11.7 Å². The number of carboxylic acids is 1. The van der Waals surface area contributed by atoms with Crippen LogP contribution in [0, 0.1) is 5.92 Å². The van der Waals surface area contributed by atoms with Gasteiger partial charge in [-0.1, -0.05) is 12.7 Å². The number of hydrogen-bond donors (Lipinski definition) is 2. The first-order valence-corrected chi connectivity index (χ1v) is 5.57. The summed E-state index contributed by atoms with van der Waals surface area (Å²) in [6, 6.07) is -0.802. The summed E-state index contributed by atoms with van der Waals surface area (Å²) in [4.78, 5) is 23.9. The van der Waals surface area contributed by atoms with Gasteiger partial charge in [-0.15, -0.1) is 0 Å². The van der Waals surface area contributed by atoms with Crippen molar-refractivity contribution in [1.82, 2.24) is 4.90 Å². The van der Waals surface area contributed by atoms with E-state index in [-0.39, 0.29) is 12.5 Å². The molecule has 6 nitrogen and oxygen atoms in total. The molecule has 2 atom stereocenters. The number of likely N-dealkylation sites (tertiary alicyclic amines) is 1. The fraction of sp³-hybridized carbons (Fsp3) is 0.636. The fourth-order valence-corrected chi connectivity index (χ4v) is 2.02. The summed E-state index contributed by atoms with van der Waals surface area (Å²) < 4.78 is 4.86. The number of ether oxygens (including phenoxy) is 1. The number of rotatable bonds is 5. The average Bonchev–Trinajstić information content (AvgIpc) is 2.70. The Morgan fingerprint density at radius 1 is 1.59 bits per heavy atom. The lowest BCUT2D eigenvalue weighted by atomic mass is 10.0. The van der Waals surface area contributed by atoms with E-state index in [1.165, 1.54) is 11.0 Å². The Morgan fingerprint density at radius 3 is 2.82 bits per heavy atom.